The van der Waals surface area contributed by atoms with Crippen LogP contribution in [0.3, 0.4) is 0 Å². The third-order valence-corrected chi connectivity index (χ3v) is 2.02. The van der Waals surface area contributed by atoms with Crippen molar-refractivity contribution in [1.29, 1.82) is 0 Å². The van der Waals surface area contributed by atoms with Gasteiger partial charge in [0.15, 0.2) is 0 Å². The molecule has 90 valence electrons. The number of ether oxygens (including phenoxy) is 1. The molecule has 16 heavy (non-hydrogen) atoms. The maximum Gasteiger partial charge on any atom is 0.422 e. The number of hydrogen-bond acceptors (Lipinski definition) is 2. The first-order valence-electron chi connectivity index (χ1n) is 3.86. The van der Waals surface area contributed by atoms with Gasteiger partial charge in [-0.25, -0.2) is 13.8 Å². The highest BCUT2D eigenvalue weighted by Crippen LogP contribution is 2.43. The molecule has 8 heteroatoms. The zero-order valence-electron chi connectivity index (χ0n) is 7.78. The number of nitrogens with zero attached hydrogens (tertiary/aromatic N) is 1. The third-order valence-electron chi connectivity index (χ3n) is 1.74. The van der Waals surface area contributed by atoms with Crippen molar-refractivity contribution in [2.24, 2.45) is 0 Å². The van der Waals surface area contributed by atoms with E-state index in [9.17, 15) is 22.0 Å². The summed E-state index contributed by atoms with van der Waals surface area (Å²) < 4.78 is 66.6. The number of alkyl halides is 5. The van der Waals surface area contributed by atoms with E-state index in [1.54, 1.807) is 0 Å². The third kappa shape index (κ3) is 2.34. The number of rotatable bonds is 2. The topological polar surface area (TPSA) is 22.1 Å². The molecular weight excluding hydrogens is 257 g/mol. The SMILES string of the molecule is COc1c(C(F)F)cnc(Cl)c1C(F)(F)F. The summed E-state index contributed by atoms with van der Waals surface area (Å²) in [5, 5.41) is -0.922. The molecule has 2 nitrogen and oxygen atoms in total. The van der Waals surface area contributed by atoms with Gasteiger partial charge in [0.1, 0.15) is 16.5 Å². The molecule has 0 bridgehead atoms. The molecule has 1 heterocycles. The molecule has 1 rings (SSSR count). The van der Waals surface area contributed by atoms with Gasteiger partial charge in [0.25, 0.3) is 6.43 Å². The Morgan fingerprint density at radius 3 is 2.31 bits per heavy atom. The van der Waals surface area contributed by atoms with Gasteiger partial charge in [0, 0.05) is 6.20 Å². The molecule has 1 aromatic rings. The molecule has 0 saturated carbocycles. The lowest BCUT2D eigenvalue weighted by Gasteiger charge is -2.15. The van der Waals surface area contributed by atoms with E-state index in [0.29, 0.717) is 6.20 Å². The highest BCUT2D eigenvalue weighted by molar-refractivity contribution is 6.30. The molecular formula is C8H5ClF5NO. The monoisotopic (exact) mass is 261 g/mol. The molecule has 0 saturated heterocycles. The van der Waals surface area contributed by atoms with Gasteiger partial charge in [0.2, 0.25) is 0 Å². The second-order valence-electron chi connectivity index (χ2n) is 2.71. The fourth-order valence-electron chi connectivity index (χ4n) is 1.11. The van der Waals surface area contributed by atoms with Gasteiger partial charge < -0.3 is 4.74 Å². The number of halogens is 6. The summed E-state index contributed by atoms with van der Waals surface area (Å²) in [5.74, 6) is -0.998. The van der Waals surface area contributed by atoms with Crippen molar-refractivity contribution in [3.05, 3.63) is 22.5 Å². The van der Waals surface area contributed by atoms with Crippen LogP contribution in [0.2, 0.25) is 5.15 Å². The Bertz CT molecular complexity index is 393. The lowest BCUT2D eigenvalue weighted by molar-refractivity contribution is -0.139. The van der Waals surface area contributed by atoms with Crippen LogP contribution in [0.15, 0.2) is 6.20 Å². The van der Waals surface area contributed by atoms with Gasteiger partial charge in [-0.1, -0.05) is 11.6 Å². The molecule has 0 N–H and O–H groups in total. The number of aromatic nitrogens is 1. The highest BCUT2D eigenvalue weighted by Gasteiger charge is 2.40. The summed E-state index contributed by atoms with van der Waals surface area (Å²) in [6, 6.07) is 0. The largest absolute Gasteiger partial charge is 0.495 e. The maximum absolute atomic E-state index is 12.5. The van der Waals surface area contributed by atoms with Crippen LogP contribution in [-0.2, 0) is 6.18 Å². The van der Waals surface area contributed by atoms with E-state index in [1.807, 2.05) is 0 Å². The van der Waals surface area contributed by atoms with E-state index < -0.39 is 34.6 Å². The van der Waals surface area contributed by atoms with Crippen LogP contribution in [0.4, 0.5) is 22.0 Å². The van der Waals surface area contributed by atoms with Crippen molar-refractivity contribution in [2.75, 3.05) is 7.11 Å². The predicted octanol–water partition coefficient (Wildman–Crippen LogP) is 3.70. The second kappa shape index (κ2) is 4.40. The lowest BCUT2D eigenvalue weighted by atomic mass is 10.1. The minimum absolute atomic E-state index is 0.557. The minimum atomic E-state index is -4.90. The van der Waals surface area contributed by atoms with Crippen LogP contribution >= 0.6 is 11.6 Å². The van der Waals surface area contributed by atoms with E-state index in [-0.39, 0.29) is 0 Å². The summed E-state index contributed by atoms with van der Waals surface area (Å²) >= 11 is 5.21. The molecule has 0 fully saturated rings. The second-order valence-corrected chi connectivity index (χ2v) is 3.07. The fourth-order valence-corrected chi connectivity index (χ4v) is 1.35. The van der Waals surface area contributed by atoms with Gasteiger partial charge in [-0.05, 0) is 0 Å². The average molecular weight is 262 g/mol. The summed E-state index contributed by atoms with van der Waals surface area (Å²) in [6.07, 6.45) is -7.47. The van der Waals surface area contributed by atoms with Crippen molar-refractivity contribution < 1.29 is 26.7 Å². The van der Waals surface area contributed by atoms with Gasteiger partial charge in [-0.3, -0.25) is 0 Å². The van der Waals surface area contributed by atoms with Crippen molar-refractivity contribution >= 4 is 11.6 Å². The Morgan fingerprint density at radius 1 is 1.38 bits per heavy atom. The van der Waals surface area contributed by atoms with Gasteiger partial charge >= 0.3 is 6.18 Å². The summed E-state index contributed by atoms with van der Waals surface area (Å²) in [4.78, 5) is 3.06. The van der Waals surface area contributed by atoms with Crippen LogP contribution < -0.4 is 4.74 Å². The molecule has 0 aliphatic heterocycles. The van der Waals surface area contributed by atoms with Crippen molar-refractivity contribution in [1.82, 2.24) is 4.98 Å². The molecule has 1 aromatic heterocycles. The Kier molecular flexibility index (Phi) is 3.57. The number of methoxy groups -OCH3 is 1. The maximum atomic E-state index is 12.5. The molecule has 0 spiro atoms. The zero-order valence-corrected chi connectivity index (χ0v) is 8.53. The standard InChI is InChI=1S/C8H5ClF5NO/c1-16-5-3(7(10)11)2-15-6(9)4(5)8(12,13)14/h2,7H,1H3. The smallest absolute Gasteiger partial charge is 0.422 e. The normalized spacial score (nSPS) is 12.0. The molecule has 0 atom stereocenters. The van der Waals surface area contributed by atoms with Crippen molar-refractivity contribution in [3.63, 3.8) is 0 Å². The van der Waals surface area contributed by atoms with Crippen LogP contribution in [0.1, 0.15) is 17.6 Å². The number of pyridine rings is 1. The summed E-state index contributed by atoms with van der Waals surface area (Å²) in [6.45, 7) is 0. The molecule has 0 unspecified atom stereocenters. The molecule has 0 amide bonds. The summed E-state index contributed by atoms with van der Waals surface area (Å²) in [5.41, 5.74) is -2.44. The van der Waals surface area contributed by atoms with Crippen molar-refractivity contribution in [2.45, 2.75) is 12.6 Å². The Labute approximate surface area is 92.0 Å². The summed E-state index contributed by atoms with van der Waals surface area (Å²) in [7, 11) is 0.854. The first kappa shape index (κ1) is 13.0. The van der Waals surface area contributed by atoms with Crippen LogP contribution in [-0.4, -0.2) is 12.1 Å². The van der Waals surface area contributed by atoms with Gasteiger partial charge in [-0.2, -0.15) is 13.2 Å². The molecule has 0 aromatic carbocycles. The molecule has 0 aliphatic carbocycles. The van der Waals surface area contributed by atoms with Crippen LogP contribution in [0, 0.1) is 0 Å². The van der Waals surface area contributed by atoms with Gasteiger partial charge in [0.05, 0.1) is 12.7 Å². The fraction of sp³-hybridized carbons (Fsp3) is 0.375. The Balaban J connectivity index is 3.51. The minimum Gasteiger partial charge on any atom is -0.495 e. The first-order valence-corrected chi connectivity index (χ1v) is 4.24. The Hall–Kier alpha value is -1.11. The predicted molar refractivity (Wildman–Crippen MR) is 45.8 cm³/mol. The van der Waals surface area contributed by atoms with E-state index >= 15 is 0 Å². The lowest BCUT2D eigenvalue weighted by Crippen LogP contribution is -2.11. The highest BCUT2D eigenvalue weighted by atomic mass is 35.5. The number of hydrogen-bond donors (Lipinski definition) is 0. The molecule has 0 aliphatic rings. The Morgan fingerprint density at radius 2 is 1.94 bits per heavy atom. The van der Waals surface area contributed by atoms with E-state index in [2.05, 4.69) is 9.72 Å². The zero-order chi connectivity index (χ0) is 12.5. The first-order chi connectivity index (χ1) is 7.29. The quantitative estimate of drug-likeness (QED) is 0.598. The van der Waals surface area contributed by atoms with E-state index in [1.165, 1.54) is 0 Å². The van der Waals surface area contributed by atoms with Crippen LogP contribution in [0.25, 0.3) is 0 Å². The molecule has 0 radical (unpaired) electrons. The average Bonchev–Trinajstić information content (AvgIpc) is 2.14. The van der Waals surface area contributed by atoms with Crippen LogP contribution in [0.5, 0.6) is 5.75 Å². The van der Waals surface area contributed by atoms with E-state index in [0.717, 1.165) is 7.11 Å². The van der Waals surface area contributed by atoms with Gasteiger partial charge in [-0.15, -0.1) is 0 Å². The van der Waals surface area contributed by atoms with E-state index in [4.69, 9.17) is 11.6 Å². The van der Waals surface area contributed by atoms with Crippen molar-refractivity contribution in [3.8, 4) is 5.75 Å².